The largest absolute Gasteiger partial charge is 0.367 e. The average molecular weight is 407 g/mol. The highest BCUT2D eigenvalue weighted by molar-refractivity contribution is 5.64. The number of fused-ring (bicyclic) bond motifs is 5. The first-order valence-electron chi connectivity index (χ1n) is 11.8. The number of benzene rings is 1. The van der Waals surface area contributed by atoms with Gasteiger partial charge in [-0.3, -0.25) is 9.55 Å². The second-order valence-corrected chi connectivity index (χ2v) is 9.37. The zero-order chi connectivity index (χ0) is 20.5. The maximum atomic E-state index is 12.9. The summed E-state index contributed by atoms with van der Waals surface area (Å²) < 4.78 is 2.01. The van der Waals surface area contributed by atoms with Crippen molar-refractivity contribution in [3.8, 4) is 0 Å². The molecule has 1 aromatic carbocycles. The smallest absolute Gasteiger partial charge is 0.327 e. The lowest BCUT2D eigenvalue weighted by Gasteiger charge is -2.38. The fourth-order valence-corrected chi connectivity index (χ4v) is 5.43. The fourth-order valence-electron chi connectivity index (χ4n) is 5.43. The van der Waals surface area contributed by atoms with Gasteiger partial charge in [0.05, 0.1) is 5.69 Å². The summed E-state index contributed by atoms with van der Waals surface area (Å²) in [7, 11) is 0. The van der Waals surface area contributed by atoms with Gasteiger partial charge in [0.15, 0.2) is 0 Å². The number of hydrogen-bond acceptors (Lipinski definition) is 3. The molecule has 0 amide bonds. The Balaban J connectivity index is 1.48. The minimum atomic E-state index is 0.0375. The zero-order valence-electron chi connectivity index (χ0n) is 18.0. The van der Waals surface area contributed by atoms with E-state index in [2.05, 4.69) is 52.9 Å². The molecular formula is C25H34N4O. The van der Waals surface area contributed by atoms with Crippen LogP contribution in [0.25, 0.3) is 5.57 Å². The van der Waals surface area contributed by atoms with Gasteiger partial charge in [0, 0.05) is 31.1 Å². The number of allylic oxidation sites excluding steroid dienone is 2. The molecule has 5 rings (SSSR count). The minimum absolute atomic E-state index is 0.0375. The van der Waals surface area contributed by atoms with Gasteiger partial charge in [0.2, 0.25) is 0 Å². The molecule has 30 heavy (non-hydrogen) atoms. The van der Waals surface area contributed by atoms with E-state index in [4.69, 9.17) is 0 Å². The zero-order valence-corrected chi connectivity index (χ0v) is 18.0. The Bertz CT molecular complexity index is 979. The molecule has 160 valence electrons. The third-order valence-electron chi connectivity index (χ3n) is 7.36. The van der Waals surface area contributed by atoms with Gasteiger partial charge in [-0.2, -0.15) is 0 Å². The van der Waals surface area contributed by atoms with Crippen LogP contribution in [0.1, 0.15) is 81.0 Å². The molecule has 1 aliphatic heterocycles. The second-order valence-electron chi connectivity index (χ2n) is 9.37. The van der Waals surface area contributed by atoms with E-state index in [1.807, 2.05) is 4.57 Å². The summed E-state index contributed by atoms with van der Waals surface area (Å²) in [6, 6.07) is 9.76. The lowest BCUT2D eigenvalue weighted by Crippen LogP contribution is -2.43. The molecule has 0 spiro atoms. The van der Waals surface area contributed by atoms with Crippen LogP contribution in [0.2, 0.25) is 0 Å². The standard InChI is InChI=1S/C25H34N4O/c1-17-7-6-14-29-23(24(28-25(29)30)27-20-10-3-2-4-11-20)21-12-13-22(21)26-16-18-8-5-9-19(17)15-18/h5,7-9,15,20-22,26-27H,2-4,6,10-14,16H2,1H3,(H,28,30)/t21-,22?/m1/s1. The molecule has 1 aromatic heterocycles. The van der Waals surface area contributed by atoms with Crippen LogP contribution in [0.15, 0.2) is 35.1 Å². The van der Waals surface area contributed by atoms with Crippen LogP contribution >= 0.6 is 0 Å². The molecule has 0 radical (unpaired) electrons. The van der Waals surface area contributed by atoms with Gasteiger partial charge in [-0.05, 0) is 55.7 Å². The van der Waals surface area contributed by atoms with Gasteiger partial charge in [-0.1, -0.05) is 49.6 Å². The summed E-state index contributed by atoms with van der Waals surface area (Å²) in [6.07, 6.45) is 11.8. The van der Waals surface area contributed by atoms with Crippen molar-refractivity contribution in [3.05, 3.63) is 57.6 Å². The van der Waals surface area contributed by atoms with Crippen molar-refractivity contribution in [2.24, 2.45) is 0 Å². The maximum absolute atomic E-state index is 12.9. The molecule has 2 fully saturated rings. The molecule has 0 saturated heterocycles. The second kappa shape index (κ2) is 8.46. The fraction of sp³-hybridized carbons (Fsp3) is 0.560. The topological polar surface area (TPSA) is 61.9 Å². The molecule has 2 aromatic rings. The van der Waals surface area contributed by atoms with E-state index in [-0.39, 0.29) is 5.69 Å². The Morgan fingerprint density at radius 1 is 1.10 bits per heavy atom. The SMILES string of the molecule is CC1=CCCn2c(c(NC3CCCCC3)[nH]c2=O)[C@@H]2CCC2NCc2cccc1c2. The number of rotatable bonds is 2. The predicted molar refractivity (Wildman–Crippen MR) is 123 cm³/mol. The van der Waals surface area contributed by atoms with Gasteiger partial charge < -0.3 is 10.6 Å². The quantitative estimate of drug-likeness (QED) is 0.674. The van der Waals surface area contributed by atoms with Crippen molar-refractivity contribution < 1.29 is 0 Å². The number of nitrogens with one attached hydrogen (secondary N) is 3. The first-order valence-corrected chi connectivity index (χ1v) is 11.8. The molecule has 3 N–H and O–H groups in total. The maximum Gasteiger partial charge on any atom is 0.327 e. The summed E-state index contributed by atoms with van der Waals surface area (Å²) >= 11 is 0. The molecule has 1 unspecified atom stereocenters. The monoisotopic (exact) mass is 406 g/mol. The van der Waals surface area contributed by atoms with Crippen LogP contribution < -0.4 is 16.3 Å². The number of nitrogens with zero attached hydrogens (tertiary/aromatic N) is 1. The molecule has 2 bridgehead atoms. The van der Waals surface area contributed by atoms with Crippen molar-refractivity contribution >= 4 is 11.4 Å². The van der Waals surface area contributed by atoms with E-state index < -0.39 is 0 Å². The highest BCUT2D eigenvalue weighted by Crippen LogP contribution is 2.40. The lowest BCUT2D eigenvalue weighted by atomic mass is 9.76. The van der Waals surface area contributed by atoms with Crippen LogP contribution in [0.5, 0.6) is 0 Å². The number of hydrogen-bond donors (Lipinski definition) is 3. The minimum Gasteiger partial charge on any atom is -0.367 e. The molecule has 3 aliphatic rings. The van der Waals surface area contributed by atoms with Gasteiger partial charge in [-0.25, -0.2) is 4.79 Å². The predicted octanol–water partition coefficient (Wildman–Crippen LogP) is 4.76. The van der Waals surface area contributed by atoms with Gasteiger partial charge >= 0.3 is 5.69 Å². The van der Waals surface area contributed by atoms with Crippen molar-refractivity contribution in [1.82, 2.24) is 14.9 Å². The lowest BCUT2D eigenvalue weighted by molar-refractivity contribution is 0.271. The van der Waals surface area contributed by atoms with Crippen LogP contribution in [0.4, 0.5) is 5.82 Å². The van der Waals surface area contributed by atoms with Crippen molar-refractivity contribution in [1.29, 1.82) is 0 Å². The third-order valence-corrected chi connectivity index (χ3v) is 7.36. The van der Waals surface area contributed by atoms with Gasteiger partial charge in [-0.15, -0.1) is 0 Å². The molecular weight excluding hydrogens is 372 g/mol. The van der Waals surface area contributed by atoms with Gasteiger partial charge in [0.25, 0.3) is 0 Å². The van der Waals surface area contributed by atoms with Crippen LogP contribution in [0.3, 0.4) is 0 Å². The number of imidazole rings is 1. The van der Waals surface area contributed by atoms with E-state index >= 15 is 0 Å². The highest BCUT2D eigenvalue weighted by Gasteiger charge is 2.37. The Hall–Kier alpha value is -2.27. The summed E-state index contributed by atoms with van der Waals surface area (Å²) in [5.74, 6) is 1.38. The van der Waals surface area contributed by atoms with Crippen LogP contribution in [-0.4, -0.2) is 21.6 Å². The van der Waals surface area contributed by atoms with E-state index in [0.717, 1.165) is 31.7 Å². The summed E-state index contributed by atoms with van der Waals surface area (Å²) in [6.45, 7) is 3.78. The summed E-state index contributed by atoms with van der Waals surface area (Å²) in [5, 5.41) is 7.52. The Morgan fingerprint density at radius 2 is 1.97 bits per heavy atom. The van der Waals surface area contributed by atoms with Crippen LogP contribution in [-0.2, 0) is 13.1 Å². The molecule has 2 atom stereocenters. The third kappa shape index (κ3) is 3.87. The molecule has 5 nitrogen and oxygen atoms in total. The summed E-state index contributed by atoms with van der Waals surface area (Å²) in [4.78, 5) is 16.1. The van der Waals surface area contributed by atoms with E-state index in [1.54, 1.807) is 0 Å². The van der Waals surface area contributed by atoms with Crippen molar-refractivity contribution in [2.45, 2.75) is 89.4 Å². The van der Waals surface area contributed by atoms with Gasteiger partial charge in [0.1, 0.15) is 5.82 Å². The Kier molecular flexibility index (Phi) is 5.55. The first-order chi connectivity index (χ1) is 14.7. The average Bonchev–Trinajstić information content (AvgIpc) is 3.02. The van der Waals surface area contributed by atoms with Crippen molar-refractivity contribution in [3.63, 3.8) is 0 Å². The Morgan fingerprint density at radius 3 is 2.77 bits per heavy atom. The molecule has 2 aliphatic carbocycles. The molecule has 2 saturated carbocycles. The number of anilines is 1. The number of H-pyrrole nitrogens is 1. The van der Waals surface area contributed by atoms with Crippen molar-refractivity contribution in [2.75, 3.05) is 5.32 Å². The normalized spacial score (nSPS) is 24.9. The van der Waals surface area contributed by atoms with Crippen LogP contribution in [0, 0.1) is 0 Å². The number of aromatic amines is 1. The Labute approximate surface area is 179 Å². The molecule has 5 heteroatoms. The first kappa shape index (κ1) is 19.7. The van der Waals surface area contributed by atoms with E-state index in [0.29, 0.717) is 18.0 Å². The molecule has 2 heterocycles. The number of aromatic nitrogens is 2. The van der Waals surface area contributed by atoms with E-state index in [1.165, 1.54) is 60.9 Å². The van der Waals surface area contributed by atoms with E-state index in [9.17, 15) is 4.79 Å². The highest BCUT2D eigenvalue weighted by atomic mass is 16.1. The summed E-state index contributed by atoms with van der Waals surface area (Å²) in [5.41, 5.74) is 5.13.